The molecule has 21 heavy (non-hydrogen) atoms. The van der Waals surface area contributed by atoms with Gasteiger partial charge in [-0.15, -0.1) is 0 Å². The molecule has 2 aromatic rings. The van der Waals surface area contributed by atoms with Gasteiger partial charge >= 0.3 is 0 Å². The lowest BCUT2D eigenvalue weighted by atomic mass is 10.0. The average Bonchev–Trinajstić information content (AvgIpc) is 2.45. The molecule has 112 valence electrons. The topological polar surface area (TPSA) is 43.4 Å². The van der Waals surface area contributed by atoms with E-state index in [0.717, 1.165) is 10.0 Å². The number of para-hydroxylation sites is 1. The zero-order chi connectivity index (χ0) is 15.3. The zero-order valence-electron chi connectivity index (χ0n) is 11.1. The summed E-state index contributed by atoms with van der Waals surface area (Å²) in [7, 11) is 1.79. The third-order valence-corrected chi connectivity index (χ3v) is 4.78. The summed E-state index contributed by atoms with van der Waals surface area (Å²) in [5.41, 5.74) is 0.883. The van der Waals surface area contributed by atoms with Crippen LogP contribution in [0.15, 0.2) is 59.1 Å². The molecule has 0 heterocycles. The zero-order valence-corrected chi connectivity index (χ0v) is 14.2. The standard InChI is InChI=1S/C15H14BrClO3S/c16-14-8-4-5-9-15(14)20-10-13(11-21(17,18)19)12-6-2-1-3-7-12/h1-9,13H,10-11H2. The van der Waals surface area contributed by atoms with Crippen molar-refractivity contribution in [3.05, 3.63) is 64.6 Å². The van der Waals surface area contributed by atoms with Crippen LogP contribution in [0.3, 0.4) is 0 Å². The third-order valence-electron chi connectivity index (χ3n) is 2.95. The fourth-order valence-electron chi connectivity index (χ4n) is 1.96. The van der Waals surface area contributed by atoms with Crippen LogP contribution >= 0.6 is 26.6 Å². The Hall–Kier alpha value is -1.04. The van der Waals surface area contributed by atoms with Crippen molar-refractivity contribution < 1.29 is 13.2 Å². The molecule has 0 fully saturated rings. The molecular formula is C15H14BrClO3S. The van der Waals surface area contributed by atoms with E-state index in [1.54, 1.807) is 0 Å². The monoisotopic (exact) mass is 388 g/mol. The first-order chi connectivity index (χ1) is 9.96. The van der Waals surface area contributed by atoms with E-state index in [4.69, 9.17) is 15.4 Å². The van der Waals surface area contributed by atoms with Gasteiger partial charge in [0.15, 0.2) is 0 Å². The minimum atomic E-state index is -3.61. The number of hydrogen-bond acceptors (Lipinski definition) is 3. The predicted molar refractivity (Wildman–Crippen MR) is 88.5 cm³/mol. The van der Waals surface area contributed by atoms with Gasteiger partial charge in [-0.3, -0.25) is 0 Å². The van der Waals surface area contributed by atoms with Crippen LogP contribution in [-0.2, 0) is 9.05 Å². The molecule has 0 spiro atoms. The van der Waals surface area contributed by atoms with Gasteiger partial charge < -0.3 is 4.74 Å². The van der Waals surface area contributed by atoms with E-state index >= 15 is 0 Å². The smallest absolute Gasteiger partial charge is 0.233 e. The highest BCUT2D eigenvalue weighted by Gasteiger charge is 2.20. The Bertz CT molecular complexity index is 689. The SMILES string of the molecule is O=S(=O)(Cl)CC(COc1ccccc1Br)c1ccccc1. The van der Waals surface area contributed by atoms with Gasteiger partial charge in [0.1, 0.15) is 5.75 Å². The molecule has 2 rings (SSSR count). The van der Waals surface area contributed by atoms with E-state index in [0.29, 0.717) is 5.75 Å². The largest absolute Gasteiger partial charge is 0.492 e. The third kappa shape index (κ3) is 5.34. The number of hydrogen-bond donors (Lipinski definition) is 0. The van der Waals surface area contributed by atoms with Gasteiger partial charge in [0.05, 0.1) is 16.8 Å². The average molecular weight is 390 g/mol. The molecule has 0 amide bonds. The summed E-state index contributed by atoms with van der Waals surface area (Å²) < 4.78 is 29.3. The van der Waals surface area contributed by atoms with Crippen LogP contribution in [0.2, 0.25) is 0 Å². The summed E-state index contributed by atoms with van der Waals surface area (Å²) in [5.74, 6) is 0.189. The number of halogens is 2. The minimum absolute atomic E-state index is 0.164. The predicted octanol–water partition coefficient (Wildman–Crippen LogP) is 4.18. The maximum Gasteiger partial charge on any atom is 0.233 e. The van der Waals surface area contributed by atoms with Crippen LogP contribution in [0.5, 0.6) is 5.75 Å². The second kappa shape index (κ2) is 7.29. The van der Waals surface area contributed by atoms with Crippen LogP contribution in [0.25, 0.3) is 0 Å². The number of rotatable bonds is 6. The van der Waals surface area contributed by atoms with E-state index in [2.05, 4.69) is 15.9 Å². The van der Waals surface area contributed by atoms with Crippen molar-refractivity contribution >= 4 is 35.7 Å². The Morgan fingerprint density at radius 2 is 1.67 bits per heavy atom. The molecule has 1 unspecified atom stereocenters. The molecule has 0 N–H and O–H groups in total. The second-order valence-corrected chi connectivity index (χ2v) is 8.23. The summed E-state index contributed by atoms with van der Waals surface area (Å²) in [6.07, 6.45) is 0. The van der Waals surface area contributed by atoms with Crippen LogP contribution < -0.4 is 4.74 Å². The molecule has 0 aliphatic carbocycles. The lowest BCUT2D eigenvalue weighted by Gasteiger charge is -2.17. The van der Waals surface area contributed by atoms with Gasteiger partial charge in [-0.25, -0.2) is 8.42 Å². The summed E-state index contributed by atoms with van der Waals surface area (Å²) in [6.45, 7) is 0.235. The normalized spacial score (nSPS) is 12.9. The number of ether oxygens (including phenoxy) is 1. The van der Waals surface area contributed by atoms with Crippen LogP contribution in [0.1, 0.15) is 11.5 Å². The molecule has 0 saturated heterocycles. The number of benzene rings is 2. The lowest BCUT2D eigenvalue weighted by Crippen LogP contribution is -2.18. The highest BCUT2D eigenvalue weighted by Crippen LogP contribution is 2.26. The summed E-state index contributed by atoms with van der Waals surface area (Å²) in [4.78, 5) is 0. The molecule has 0 aromatic heterocycles. The first kappa shape index (κ1) is 16.3. The van der Waals surface area contributed by atoms with E-state index in [1.165, 1.54) is 0 Å². The van der Waals surface area contributed by atoms with E-state index in [-0.39, 0.29) is 18.3 Å². The maximum absolute atomic E-state index is 11.4. The van der Waals surface area contributed by atoms with Gasteiger partial charge in [-0.1, -0.05) is 42.5 Å². The summed E-state index contributed by atoms with van der Waals surface area (Å²) >= 11 is 3.39. The second-order valence-electron chi connectivity index (χ2n) is 4.55. The van der Waals surface area contributed by atoms with Crippen molar-refractivity contribution in [1.29, 1.82) is 0 Å². The molecule has 0 saturated carbocycles. The molecule has 0 bridgehead atoms. The van der Waals surface area contributed by atoms with Crippen LogP contribution in [0.4, 0.5) is 0 Å². The Morgan fingerprint density at radius 1 is 1.05 bits per heavy atom. The Morgan fingerprint density at radius 3 is 2.29 bits per heavy atom. The Kier molecular flexibility index (Phi) is 5.67. The van der Waals surface area contributed by atoms with Crippen LogP contribution in [-0.4, -0.2) is 20.8 Å². The van der Waals surface area contributed by atoms with Crippen molar-refractivity contribution in [2.24, 2.45) is 0 Å². The van der Waals surface area contributed by atoms with Gasteiger partial charge in [-0.05, 0) is 33.6 Å². The Balaban J connectivity index is 2.15. The van der Waals surface area contributed by atoms with Crippen molar-refractivity contribution in [2.75, 3.05) is 12.4 Å². The quantitative estimate of drug-likeness (QED) is 0.696. The molecular weight excluding hydrogens is 376 g/mol. The first-order valence-electron chi connectivity index (χ1n) is 6.30. The molecule has 0 radical (unpaired) electrons. The molecule has 2 aromatic carbocycles. The van der Waals surface area contributed by atoms with E-state index in [9.17, 15) is 8.42 Å². The highest BCUT2D eigenvalue weighted by atomic mass is 79.9. The first-order valence-corrected chi connectivity index (χ1v) is 9.57. The van der Waals surface area contributed by atoms with Crippen LogP contribution in [0, 0.1) is 0 Å². The summed E-state index contributed by atoms with van der Waals surface area (Å²) in [5, 5.41) is 0. The van der Waals surface area contributed by atoms with E-state index in [1.807, 2.05) is 54.6 Å². The Labute approximate surface area is 137 Å². The van der Waals surface area contributed by atoms with Gasteiger partial charge in [0, 0.05) is 16.6 Å². The van der Waals surface area contributed by atoms with Gasteiger partial charge in [-0.2, -0.15) is 0 Å². The van der Waals surface area contributed by atoms with Gasteiger partial charge in [0.25, 0.3) is 0 Å². The minimum Gasteiger partial charge on any atom is -0.492 e. The maximum atomic E-state index is 11.4. The highest BCUT2D eigenvalue weighted by molar-refractivity contribution is 9.10. The summed E-state index contributed by atoms with van der Waals surface area (Å²) in [6, 6.07) is 16.8. The van der Waals surface area contributed by atoms with Gasteiger partial charge in [0.2, 0.25) is 9.05 Å². The fraction of sp³-hybridized carbons (Fsp3) is 0.200. The molecule has 3 nitrogen and oxygen atoms in total. The molecule has 1 atom stereocenters. The van der Waals surface area contributed by atoms with Crippen molar-refractivity contribution in [3.63, 3.8) is 0 Å². The molecule has 0 aliphatic rings. The lowest BCUT2D eigenvalue weighted by molar-refractivity contribution is 0.295. The van der Waals surface area contributed by atoms with E-state index < -0.39 is 9.05 Å². The van der Waals surface area contributed by atoms with Crippen molar-refractivity contribution in [2.45, 2.75) is 5.92 Å². The van der Waals surface area contributed by atoms with Crippen molar-refractivity contribution in [1.82, 2.24) is 0 Å². The molecule has 0 aliphatic heterocycles. The van der Waals surface area contributed by atoms with Crippen molar-refractivity contribution in [3.8, 4) is 5.75 Å². The molecule has 6 heteroatoms. The fourth-order valence-corrected chi connectivity index (χ4v) is 3.58.